The third-order valence-corrected chi connectivity index (χ3v) is 3.33. The molecule has 0 fully saturated rings. The lowest BCUT2D eigenvalue weighted by atomic mass is 10.2. The van der Waals surface area contributed by atoms with Gasteiger partial charge in [-0.15, -0.1) is 11.8 Å². The molecule has 1 amide bonds. The van der Waals surface area contributed by atoms with E-state index in [-0.39, 0.29) is 12.3 Å². The normalized spacial score (nSPS) is 19.2. The van der Waals surface area contributed by atoms with Gasteiger partial charge in [-0.05, 0) is 12.1 Å². The summed E-state index contributed by atoms with van der Waals surface area (Å²) in [6.07, 6.45) is -0.259. The minimum absolute atomic E-state index is 0.259. The summed E-state index contributed by atoms with van der Waals surface area (Å²) in [7, 11) is 0. The Morgan fingerprint density at radius 2 is 2.20 bits per heavy atom. The number of thioether (sulfide) groups is 1. The van der Waals surface area contributed by atoms with Crippen LogP contribution in [0.25, 0.3) is 0 Å². The van der Waals surface area contributed by atoms with Crippen LogP contribution in [-0.2, 0) is 9.59 Å². The summed E-state index contributed by atoms with van der Waals surface area (Å²) in [5.41, 5.74) is 0.738. The monoisotopic (exact) mass is 222 g/mol. The molecule has 4 nitrogen and oxygen atoms in total. The predicted octanol–water partition coefficient (Wildman–Crippen LogP) is 0.239. The van der Waals surface area contributed by atoms with Gasteiger partial charge in [0.05, 0.1) is 10.9 Å². The summed E-state index contributed by atoms with van der Waals surface area (Å²) < 4.78 is 0. The molecule has 2 rings (SSSR count). The number of carbonyl (C=O) groups is 2. The topological polar surface area (TPSA) is 69.2 Å². The molecule has 15 heavy (non-hydrogen) atoms. The van der Waals surface area contributed by atoms with Crippen molar-refractivity contribution < 1.29 is 14.7 Å². The Kier molecular flexibility index (Phi) is 2.64. The first kappa shape index (κ1) is 10.0. The molecular formula is C10H8NO3S-. The number of fused-ring (bicyclic) bond motifs is 1. The van der Waals surface area contributed by atoms with Crippen molar-refractivity contribution in [2.75, 3.05) is 5.32 Å². The van der Waals surface area contributed by atoms with Crippen LogP contribution in [0.15, 0.2) is 29.2 Å². The molecule has 1 aliphatic heterocycles. The number of benzene rings is 1. The van der Waals surface area contributed by atoms with Gasteiger partial charge >= 0.3 is 0 Å². The van der Waals surface area contributed by atoms with Gasteiger partial charge in [-0.3, -0.25) is 4.79 Å². The van der Waals surface area contributed by atoms with E-state index in [0.717, 1.165) is 10.6 Å². The summed E-state index contributed by atoms with van der Waals surface area (Å²) in [6, 6.07) is 7.30. The zero-order valence-electron chi connectivity index (χ0n) is 7.73. The fourth-order valence-corrected chi connectivity index (χ4v) is 2.47. The summed E-state index contributed by atoms with van der Waals surface area (Å²) in [6.45, 7) is 0. The van der Waals surface area contributed by atoms with Gasteiger partial charge in [0, 0.05) is 17.3 Å². The number of rotatable bonds is 2. The van der Waals surface area contributed by atoms with Crippen molar-refractivity contribution in [3.63, 3.8) is 0 Å². The van der Waals surface area contributed by atoms with Crippen molar-refractivity contribution in [3.8, 4) is 0 Å². The van der Waals surface area contributed by atoms with Gasteiger partial charge in [0.2, 0.25) is 5.91 Å². The van der Waals surface area contributed by atoms with Crippen LogP contribution in [0.3, 0.4) is 0 Å². The van der Waals surface area contributed by atoms with Gasteiger partial charge < -0.3 is 15.2 Å². The van der Waals surface area contributed by atoms with Crippen LogP contribution in [0.5, 0.6) is 0 Å². The van der Waals surface area contributed by atoms with E-state index < -0.39 is 11.2 Å². The second-order valence-corrected chi connectivity index (χ2v) is 4.41. The first-order chi connectivity index (χ1) is 7.16. The zero-order valence-corrected chi connectivity index (χ0v) is 8.54. The highest BCUT2D eigenvalue weighted by molar-refractivity contribution is 8.01. The summed E-state index contributed by atoms with van der Waals surface area (Å²) in [5.74, 6) is -1.48. The van der Waals surface area contributed by atoms with Crippen LogP contribution in [0.2, 0.25) is 0 Å². The Labute approximate surface area is 90.7 Å². The molecule has 78 valence electrons. The van der Waals surface area contributed by atoms with Crippen molar-refractivity contribution in [1.82, 2.24) is 0 Å². The molecule has 1 atom stereocenters. The maximum absolute atomic E-state index is 11.5. The first-order valence-electron chi connectivity index (χ1n) is 4.43. The molecule has 0 saturated carbocycles. The van der Waals surface area contributed by atoms with E-state index in [9.17, 15) is 14.7 Å². The van der Waals surface area contributed by atoms with Crippen molar-refractivity contribution in [2.45, 2.75) is 16.6 Å². The van der Waals surface area contributed by atoms with Crippen LogP contribution >= 0.6 is 11.8 Å². The standard InChI is InChI=1S/C10H9NO3S/c12-9(13)5-8-10(14)11-6-3-1-2-4-7(6)15-8/h1-4,8H,5H2,(H,11,14)(H,12,13)/p-1/t8-/m1/s1. The number of hydrogen-bond donors (Lipinski definition) is 1. The van der Waals surface area contributed by atoms with Crippen molar-refractivity contribution in [1.29, 1.82) is 0 Å². The Balaban J connectivity index is 2.22. The highest BCUT2D eigenvalue weighted by Gasteiger charge is 2.26. The molecule has 1 aliphatic rings. The van der Waals surface area contributed by atoms with Crippen molar-refractivity contribution in [3.05, 3.63) is 24.3 Å². The molecule has 0 aromatic heterocycles. The van der Waals surface area contributed by atoms with Crippen LogP contribution < -0.4 is 10.4 Å². The van der Waals surface area contributed by atoms with E-state index in [1.165, 1.54) is 11.8 Å². The van der Waals surface area contributed by atoms with Crippen LogP contribution in [-0.4, -0.2) is 17.1 Å². The number of anilines is 1. The van der Waals surface area contributed by atoms with E-state index in [0.29, 0.717) is 0 Å². The second kappa shape index (κ2) is 3.94. The van der Waals surface area contributed by atoms with E-state index in [2.05, 4.69) is 5.32 Å². The molecule has 0 spiro atoms. The van der Waals surface area contributed by atoms with Gasteiger partial charge in [0.15, 0.2) is 0 Å². The average molecular weight is 222 g/mol. The molecular weight excluding hydrogens is 214 g/mol. The van der Waals surface area contributed by atoms with E-state index in [4.69, 9.17) is 0 Å². The SMILES string of the molecule is O=C([O-])C[C@H]1Sc2ccccc2NC1=O. The largest absolute Gasteiger partial charge is 0.550 e. The van der Waals surface area contributed by atoms with E-state index in [1.54, 1.807) is 6.07 Å². The number of aliphatic carboxylic acids is 1. The predicted molar refractivity (Wildman–Crippen MR) is 54.3 cm³/mol. The molecule has 1 N–H and O–H groups in total. The summed E-state index contributed by atoms with van der Waals surface area (Å²) in [5, 5.41) is 12.5. The maximum Gasteiger partial charge on any atom is 0.238 e. The number of amides is 1. The van der Waals surface area contributed by atoms with Crippen LogP contribution in [0.1, 0.15) is 6.42 Å². The molecule has 0 bridgehead atoms. The highest BCUT2D eigenvalue weighted by atomic mass is 32.2. The smallest absolute Gasteiger partial charge is 0.238 e. The molecule has 1 heterocycles. The van der Waals surface area contributed by atoms with E-state index >= 15 is 0 Å². The molecule has 5 heteroatoms. The average Bonchev–Trinajstić information content (AvgIpc) is 2.18. The molecule has 1 aromatic rings. The number of para-hydroxylation sites is 1. The number of nitrogens with one attached hydrogen (secondary N) is 1. The van der Waals surface area contributed by atoms with Crippen LogP contribution in [0, 0.1) is 0 Å². The van der Waals surface area contributed by atoms with Gasteiger partial charge in [0.25, 0.3) is 0 Å². The van der Waals surface area contributed by atoms with E-state index in [1.807, 2.05) is 18.2 Å². The van der Waals surface area contributed by atoms with Gasteiger partial charge in [-0.25, -0.2) is 0 Å². The molecule has 0 unspecified atom stereocenters. The van der Waals surface area contributed by atoms with Gasteiger partial charge in [0.1, 0.15) is 0 Å². The molecule has 0 saturated heterocycles. The molecule has 1 aromatic carbocycles. The lowest BCUT2D eigenvalue weighted by molar-refractivity contribution is -0.305. The maximum atomic E-state index is 11.5. The quantitative estimate of drug-likeness (QED) is 0.778. The Hall–Kier alpha value is -1.49. The number of carboxylic acids is 1. The highest BCUT2D eigenvalue weighted by Crippen LogP contribution is 2.36. The van der Waals surface area contributed by atoms with Crippen LogP contribution in [0.4, 0.5) is 5.69 Å². The van der Waals surface area contributed by atoms with Crippen molar-refractivity contribution in [2.24, 2.45) is 0 Å². The third kappa shape index (κ3) is 2.12. The Bertz CT molecular complexity index is 419. The lowest BCUT2D eigenvalue weighted by Gasteiger charge is -2.23. The minimum Gasteiger partial charge on any atom is -0.550 e. The fourth-order valence-electron chi connectivity index (χ4n) is 1.38. The minimum atomic E-state index is -1.21. The Morgan fingerprint density at radius 3 is 2.93 bits per heavy atom. The number of carboxylic acid groups (broad SMARTS) is 1. The summed E-state index contributed by atoms with van der Waals surface area (Å²) in [4.78, 5) is 22.8. The third-order valence-electron chi connectivity index (χ3n) is 2.06. The first-order valence-corrected chi connectivity index (χ1v) is 5.31. The molecule has 0 aliphatic carbocycles. The number of hydrogen-bond acceptors (Lipinski definition) is 4. The second-order valence-electron chi connectivity index (χ2n) is 3.17. The number of carbonyl (C=O) groups excluding carboxylic acids is 2. The van der Waals surface area contributed by atoms with Gasteiger partial charge in [-0.2, -0.15) is 0 Å². The lowest BCUT2D eigenvalue weighted by Crippen LogP contribution is -2.35. The fraction of sp³-hybridized carbons (Fsp3) is 0.200. The summed E-state index contributed by atoms with van der Waals surface area (Å²) >= 11 is 1.26. The van der Waals surface area contributed by atoms with Crippen molar-refractivity contribution >= 4 is 29.3 Å². The Morgan fingerprint density at radius 1 is 1.47 bits per heavy atom. The zero-order chi connectivity index (χ0) is 10.8. The molecule has 0 radical (unpaired) electrons. The van der Waals surface area contributed by atoms with Gasteiger partial charge in [-0.1, -0.05) is 12.1 Å².